The lowest BCUT2D eigenvalue weighted by molar-refractivity contribution is 0.0723. The van der Waals surface area contributed by atoms with E-state index in [9.17, 15) is 9.59 Å². The van der Waals surface area contributed by atoms with E-state index >= 15 is 0 Å². The average Bonchev–Trinajstić information content (AvgIpc) is 2.79. The fraction of sp³-hybridized carbons (Fsp3) is 0.400. The van der Waals surface area contributed by atoms with E-state index in [1.807, 2.05) is 9.80 Å². The molecule has 2 aromatic rings. The fourth-order valence-electron chi connectivity index (χ4n) is 3.74. The van der Waals surface area contributed by atoms with Crippen LogP contribution in [0.2, 0.25) is 5.02 Å². The summed E-state index contributed by atoms with van der Waals surface area (Å²) in [5.74, 6) is 0.980. The van der Waals surface area contributed by atoms with Gasteiger partial charge in [-0.3, -0.25) is 14.8 Å². The van der Waals surface area contributed by atoms with Gasteiger partial charge in [0, 0.05) is 38.6 Å². The van der Waals surface area contributed by atoms with Crippen molar-refractivity contribution in [3.8, 4) is 5.75 Å². The number of hydrogen-bond acceptors (Lipinski definition) is 6. The summed E-state index contributed by atoms with van der Waals surface area (Å²) in [4.78, 5) is 32.9. The van der Waals surface area contributed by atoms with Gasteiger partial charge in [-0.2, -0.15) is 0 Å². The second kappa shape index (κ2) is 8.35. The first-order chi connectivity index (χ1) is 14.5. The van der Waals surface area contributed by atoms with Crippen LogP contribution in [0, 0.1) is 5.41 Å². The number of carbonyl (C=O) groups excluding carboxylic acids is 2. The van der Waals surface area contributed by atoms with Gasteiger partial charge in [-0.15, -0.1) is 0 Å². The predicted octanol–water partition coefficient (Wildman–Crippen LogP) is 2.36. The Balaban J connectivity index is 1.66. The highest BCUT2D eigenvalue weighted by Gasteiger charge is 2.26. The van der Waals surface area contributed by atoms with E-state index in [2.05, 4.69) is 10.3 Å². The molecule has 2 amide bonds. The standard InChI is InChI=1S/C20H23ClN6O3/c1-23-20(29)27-12-14(21)15(10-17(27)22)26-7-8-30-16-9-13(11-24-18(16)26)19(28)25-5-3-2-4-6-25/h9-12,22H,2-8H2,1H3,(H,23,29). The average molecular weight is 431 g/mol. The molecule has 0 unspecified atom stereocenters. The third-order valence-corrected chi connectivity index (χ3v) is 5.59. The number of carbonyl (C=O) groups is 2. The molecule has 4 rings (SSSR count). The molecule has 0 bridgehead atoms. The highest BCUT2D eigenvalue weighted by Crippen LogP contribution is 2.37. The summed E-state index contributed by atoms with van der Waals surface area (Å²) in [6.45, 7) is 2.38. The van der Waals surface area contributed by atoms with E-state index in [1.54, 1.807) is 12.3 Å². The Kier molecular flexibility index (Phi) is 5.63. The SMILES string of the molecule is CNC(=O)n1cc(Cl)c(N2CCOc3cc(C(=O)N4CCCCC4)cnc32)cc1=N. The minimum absolute atomic E-state index is 0.0151. The summed E-state index contributed by atoms with van der Waals surface area (Å²) in [5, 5.41) is 10.9. The van der Waals surface area contributed by atoms with E-state index in [0.29, 0.717) is 41.0 Å². The highest BCUT2D eigenvalue weighted by atomic mass is 35.5. The number of rotatable bonds is 2. The molecular formula is C20H23ClN6O3. The first-order valence-corrected chi connectivity index (χ1v) is 10.3. The number of aromatic nitrogens is 2. The number of halogens is 1. The molecule has 0 atom stereocenters. The predicted molar refractivity (Wildman–Crippen MR) is 112 cm³/mol. The van der Waals surface area contributed by atoms with Crippen molar-refractivity contribution >= 4 is 35.0 Å². The number of ether oxygens (including phenoxy) is 1. The molecule has 10 heteroatoms. The summed E-state index contributed by atoms with van der Waals surface area (Å²) in [5.41, 5.74) is 1.03. The lowest BCUT2D eigenvalue weighted by Gasteiger charge is -2.31. The molecule has 0 spiro atoms. The molecule has 9 nitrogen and oxygen atoms in total. The maximum Gasteiger partial charge on any atom is 0.326 e. The highest BCUT2D eigenvalue weighted by molar-refractivity contribution is 6.33. The van der Waals surface area contributed by atoms with Gasteiger partial charge < -0.3 is 19.9 Å². The van der Waals surface area contributed by atoms with Crippen LogP contribution in [-0.4, -0.2) is 59.7 Å². The molecule has 2 aliphatic rings. The quantitative estimate of drug-likeness (QED) is 0.761. The molecule has 2 aromatic heterocycles. The Morgan fingerprint density at radius 2 is 1.97 bits per heavy atom. The van der Waals surface area contributed by atoms with Crippen molar-refractivity contribution in [2.75, 3.05) is 38.2 Å². The van der Waals surface area contributed by atoms with Crippen molar-refractivity contribution < 1.29 is 14.3 Å². The zero-order valence-corrected chi connectivity index (χ0v) is 17.4. The fourth-order valence-corrected chi connectivity index (χ4v) is 4.00. The van der Waals surface area contributed by atoms with E-state index in [0.717, 1.165) is 36.9 Å². The van der Waals surface area contributed by atoms with Gasteiger partial charge in [0.15, 0.2) is 11.6 Å². The van der Waals surface area contributed by atoms with E-state index in [4.69, 9.17) is 21.7 Å². The Labute approximate surface area is 178 Å². The Bertz CT molecular complexity index is 1050. The van der Waals surface area contributed by atoms with Crippen molar-refractivity contribution in [3.05, 3.63) is 40.6 Å². The lowest BCUT2D eigenvalue weighted by Crippen LogP contribution is -2.36. The van der Waals surface area contributed by atoms with Gasteiger partial charge in [-0.25, -0.2) is 9.78 Å². The van der Waals surface area contributed by atoms with Crippen molar-refractivity contribution in [1.82, 2.24) is 19.8 Å². The third-order valence-electron chi connectivity index (χ3n) is 5.29. The minimum atomic E-state index is -0.449. The van der Waals surface area contributed by atoms with Crippen LogP contribution >= 0.6 is 11.6 Å². The molecule has 1 fully saturated rings. The Morgan fingerprint density at radius 3 is 2.70 bits per heavy atom. The molecule has 2 aliphatic heterocycles. The van der Waals surface area contributed by atoms with Crippen LogP contribution in [0.5, 0.6) is 5.75 Å². The van der Waals surface area contributed by atoms with Crippen LogP contribution in [0.1, 0.15) is 29.6 Å². The van der Waals surface area contributed by atoms with E-state index in [1.165, 1.54) is 19.3 Å². The van der Waals surface area contributed by atoms with Gasteiger partial charge >= 0.3 is 6.03 Å². The van der Waals surface area contributed by atoms with E-state index in [-0.39, 0.29) is 11.4 Å². The number of piperidine rings is 1. The first-order valence-electron chi connectivity index (χ1n) is 9.88. The van der Waals surface area contributed by atoms with Crippen molar-refractivity contribution in [3.63, 3.8) is 0 Å². The first kappa shape index (κ1) is 20.2. The Morgan fingerprint density at radius 1 is 1.20 bits per heavy atom. The molecule has 1 saturated heterocycles. The number of fused-ring (bicyclic) bond motifs is 1. The Hall–Kier alpha value is -3.07. The van der Waals surface area contributed by atoms with Crippen LogP contribution in [0.15, 0.2) is 24.5 Å². The molecule has 30 heavy (non-hydrogen) atoms. The maximum atomic E-state index is 12.8. The number of nitrogens with zero attached hydrogens (tertiary/aromatic N) is 4. The van der Waals surface area contributed by atoms with E-state index < -0.39 is 6.03 Å². The summed E-state index contributed by atoms with van der Waals surface area (Å²) in [7, 11) is 1.49. The summed E-state index contributed by atoms with van der Waals surface area (Å²) in [6.07, 6.45) is 6.15. The van der Waals surface area contributed by atoms with Gasteiger partial charge in [0.25, 0.3) is 5.91 Å². The van der Waals surface area contributed by atoms with Crippen molar-refractivity contribution in [2.45, 2.75) is 19.3 Å². The summed E-state index contributed by atoms with van der Waals surface area (Å²) >= 11 is 6.43. The number of anilines is 2. The zero-order chi connectivity index (χ0) is 21.3. The number of likely N-dealkylation sites (tertiary alicyclic amines) is 1. The van der Waals surface area contributed by atoms with Gasteiger partial charge in [0.1, 0.15) is 12.1 Å². The molecule has 158 valence electrons. The zero-order valence-electron chi connectivity index (χ0n) is 16.7. The largest absolute Gasteiger partial charge is 0.488 e. The second-order valence-corrected chi connectivity index (χ2v) is 7.62. The molecule has 0 aliphatic carbocycles. The number of hydrogen-bond donors (Lipinski definition) is 2. The number of nitrogens with one attached hydrogen (secondary N) is 2. The monoisotopic (exact) mass is 430 g/mol. The van der Waals surface area contributed by atoms with Crippen LogP contribution < -0.4 is 20.4 Å². The summed E-state index contributed by atoms with van der Waals surface area (Å²) in [6, 6.07) is 2.78. The molecule has 4 heterocycles. The molecule has 0 radical (unpaired) electrons. The minimum Gasteiger partial charge on any atom is -0.488 e. The van der Waals surface area contributed by atoms with Gasteiger partial charge in [-0.1, -0.05) is 11.6 Å². The third kappa shape index (κ3) is 3.72. The normalized spacial score (nSPS) is 15.9. The number of pyridine rings is 2. The van der Waals surface area contributed by atoms with Crippen LogP contribution in [0.4, 0.5) is 16.3 Å². The van der Waals surface area contributed by atoms with Gasteiger partial charge in [0.2, 0.25) is 0 Å². The molecule has 0 aromatic carbocycles. The van der Waals surface area contributed by atoms with Gasteiger partial charge in [0.05, 0.1) is 22.8 Å². The smallest absolute Gasteiger partial charge is 0.326 e. The van der Waals surface area contributed by atoms with Crippen molar-refractivity contribution in [2.24, 2.45) is 0 Å². The number of amides is 2. The molecular weight excluding hydrogens is 408 g/mol. The lowest BCUT2D eigenvalue weighted by atomic mass is 10.1. The van der Waals surface area contributed by atoms with Crippen molar-refractivity contribution in [1.29, 1.82) is 5.41 Å². The maximum absolute atomic E-state index is 12.8. The van der Waals surface area contributed by atoms with Gasteiger partial charge in [-0.05, 0) is 25.3 Å². The second-order valence-electron chi connectivity index (χ2n) is 7.22. The molecule has 2 N–H and O–H groups in total. The molecule has 0 saturated carbocycles. The topological polar surface area (TPSA) is 104 Å². The van der Waals surface area contributed by atoms with Crippen LogP contribution in [0.25, 0.3) is 0 Å². The van der Waals surface area contributed by atoms with Crippen LogP contribution in [-0.2, 0) is 0 Å². The van der Waals surface area contributed by atoms with Crippen LogP contribution in [0.3, 0.4) is 0 Å². The summed E-state index contributed by atoms with van der Waals surface area (Å²) < 4.78 is 6.89.